The Morgan fingerprint density at radius 3 is 3.05 bits per heavy atom. The maximum Gasteiger partial charge on any atom is 0.250 e. The van der Waals surface area contributed by atoms with Crippen LogP contribution in [0.4, 0.5) is 10.3 Å². The number of hydrogen-bond acceptors (Lipinski definition) is 6. The number of nitrogens with zero attached hydrogens (tertiary/aromatic N) is 5. The molecular formula is C15H14FN5O. The molecule has 1 aliphatic rings. The molecule has 1 atom stereocenters. The number of nitriles is 1. The van der Waals surface area contributed by atoms with Gasteiger partial charge in [-0.2, -0.15) is 5.26 Å². The second-order valence-corrected chi connectivity index (χ2v) is 4.97. The van der Waals surface area contributed by atoms with E-state index in [4.69, 9.17) is 10.00 Å². The summed E-state index contributed by atoms with van der Waals surface area (Å²) in [5.41, 5.74) is 0.323. The molecule has 0 unspecified atom stereocenters. The zero-order valence-corrected chi connectivity index (χ0v) is 11.8. The molecule has 0 N–H and O–H groups in total. The van der Waals surface area contributed by atoms with Crippen molar-refractivity contribution in [2.75, 3.05) is 18.0 Å². The molecule has 0 saturated carbocycles. The van der Waals surface area contributed by atoms with Crippen LogP contribution in [0.5, 0.6) is 5.88 Å². The van der Waals surface area contributed by atoms with E-state index in [9.17, 15) is 4.39 Å². The Bertz CT molecular complexity index is 702. The molecule has 3 heterocycles. The summed E-state index contributed by atoms with van der Waals surface area (Å²) in [5, 5.41) is 8.90. The van der Waals surface area contributed by atoms with Crippen LogP contribution in [0.1, 0.15) is 18.5 Å². The topological polar surface area (TPSA) is 74.9 Å². The van der Waals surface area contributed by atoms with Crippen LogP contribution in [-0.2, 0) is 0 Å². The minimum absolute atomic E-state index is 0.0149. The number of ether oxygens (including phenoxy) is 1. The number of piperidine rings is 1. The lowest BCUT2D eigenvalue weighted by Crippen LogP contribution is -2.42. The van der Waals surface area contributed by atoms with E-state index >= 15 is 0 Å². The van der Waals surface area contributed by atoms with Gasteiger partial charge in [0.1, 0.15) is 17.9 Å². The van der Waals surface area contributed by atoms with Crippen LogP contribution in [0, 0.1) is 17.1 Å². The van der Waals surface area contributed by atoms with Gasteiger partial charge in [-0.3, -0.25) is 0 Å². The number of aromatic nitrogens is 3. The summed E-state index contributed by atoms with van der Waals surface area (Å²) in [4.78, 5) is 14.2. The van der Waals surface area contributed by atoms with Crippen LogP contribution in [0.3, 0.4) is 0 Å². The van der Waals surface area contributed by atoms with E-state index < -0.39 is 5.82 Å². The minimum Gasteiger partial charge on any atom is -0.470 e. The maximum absolute atomic E-state index is 13.6. The first-order valence-electron chi connectivity index (χ1n) is 7.01. The molecule has 1 fully saturated rings. The van der Waals surface area contributed by atoms with Gasteiger partial charge in [0.15, 0.2) is 5.82 Å². The van der Waals surface area contributed by atoms with Crippen molar-refractivity contribution in [2.45, 2.75) is 18.9 Å². The van der Waals surface area contributed by atoms with Crippen LogP contribution in [0.15, 0.2) is 30.6 Å². The Balaban J connectivity index is 1.71. The molecule has 0 radical (unpaired) electrons. The predicted molar refractivity (Wildman–Crippen MR) is 76.8 cm³/mol. The molecule has 7 heteroatoms. The maximum atomic E-state index is 13.6. The van der Waals surface area contributed by atoms with Crippen LogP contribution in [0.25, 0.3) is 0 Å². The molecule has 6 nitrogen and oxygen atoms in total. The van der Waals surface area contributed by atoms with E-state index in [1.165, 1.54) is 18.3 Å². The van der Waals surface area contributed by atoms with Gasteiger partial charge in [-0.15, -0.1) is 0 Å². The molecule has 3 rings (SSSR count). The predicted octanol–water partition coefficient (Wildman–Crippen LogP) is 1.93. The van der Waals surface area contributed by atoms with Crippen molar-refractivity contribution in [2.24, 2.45) is 0 Å². The first kappa shape index (κ1) is 14.2. The Kier molecular flexibility index (Phi) is 4.10. The summed E-state index contributed by atoms with van der Waals surface area (Å²) >= 11 is 0. The lowest BCUT2D eigenvalue weighted by atomic mass is 10.1. The van der Waals surface area contributed by atoms with Gasteiger partial charge >= 0.3 is 0 Å². The van der Waals surface area contributed by atoms with Crippen molar-refractivity contribution >= 4 is 5.95 Å². The van der Waals surface area contributed by atoms with Gasteiger partial charge in [0.2, 0.25) is 5.95 Å². The number of rotatable bonds is 3. The third kappa shape index (κ3) is 3.11. The number of pyridine rings is 1. The molecule has 1 saturated heterocycles. The lowest BCUT2D eigenvalue weighted by Gasteiger charge is -2.32. The normalized spacial score (nSPS) is 17.8. The monoisotopic (exact) mass is 299 g/mol. The van der Waals surface area contributed by atoms with Gasteiger partial charge in [-0.1, -0.05) is 0 Å². The second-order valence-electron chi connectivity index (χ2n) is 4.97. The first-order chi connectivity index (χ1) is 10.8. The molecule has 0 aliphatic carbocycles. The van der Waals surface area contributed by atoms with E-state index in [1.807, 2.05) is 11.0 Å². The Labute approximate surface area is 127 Å². The van der Waals surface area contributed by atoms with Gasteiger partial charge in [0.25, 0.3) is 5.88 Å². The molecular weight excluding hydrogens is 285 g/mol. The smallest absolute Gasteiger partial charge is 0.250 e. The number of halogens is 1. The highest BCUT2D eigenvalue weighted by Crippen LogP contribution is 2.21. The molecule has 0 amide bonds. The highest BCUT2D eigenvalue weighted by atomic mass is 19.1. The fourth-order valence-corrected chi connectivity index (χ4v) is 2.39. The van der Waals surface area contributed by atoms with Crippen molar-refractivity contribution in [3.63, 3.8) is 0 Å². The Morgan fingerprint density at radius 2 is 2.23 bits per heavy atom. The average molecular weight is 299 g/mol. The van der Waals surface area contributed by atoms with E-state index in [2.05, 4.69) is 15.0 Å². The van der Waals surface area contributed by atoms with Crippen LogP contribution < -0.4 is 9.64 Å². The summed E-state index contributed by atoms with van der Waals surface area (Å²) in [6, 6.07) is 6.40. The first-order valence-corrected chi connectivity index (χ1v) is 7.01. The van der Waals surface area contributed by atoms with Crippen LogP contribution >= 0.6 is 0 Å². The van der Waals surface area contributed by atoms with E-state index in [-0.39, 0.29) is 12.0 Å². The van der Waals surface area contributed by atoms with Crippen molar-refractivity contribution < 1.29 is 9.13 Å². The molecule has 112 valence electrons. The SMILES string of the molecule is N#Cc1ccnc(N2CCC[C@@H](Oc3ncccc3F)C2)n1. The zero-order chi connectivity index (χ0) is 15.4. The van der Waals surface area contributed by atoms with Gasteiger partial charge < -0.3 is 9.64 Å². The quantitative estimate of drug-likeness (QED) is 0.862. The summed E-state index contributed by atoms with van der Waals surface area (Å²) in [5.74, 6) is 0.0391. The van der Waals surface area contributed by atoms with Gasteiger partial charge in [-0.25, -0.2) is 19.3 Å². The largest absolute Gasteiger partial charge is 0.470 e. The minimum atomic E-state index is -0.470. The van der Waals surface area contributed by atoms with Crippen molar-refractivity contribution in [3.8, 4) is 11.9 Å². The van der Waals surface area contributed by atoms with Gasteiger partial charge in [0.05, 0.1) is 6.54 Å². The van der Waals surface area contributed by atoms with Gasteiger partial charge in [0, 0.05) is 18.9 Å². The fourth-order valence-electron chi connectivity index (χ4n) is 2.39. The van der Waals surface area contributed by atoms with Crippen LogP contribution in [0.2, 0.25) is 0 Å². The van der Waals surface area contributed by atoms with E-state index in [1.54, 1.807) is 12.3 Å². The summed E-state index contributed by atoms with van der Waals surface area (Å²) in [6.07, 6.45) is 4.55. The molecule has 2 aromatic heterocycles. The summed E-state index contributed by atoms with van der Waals surface area (Å²) in [6.45, 7) is 1.31. The third-order valence-corrected chi connectivity index (χ3v) is 3.42. The summed E-state index contributed by atoms with van der Waals surface area (Å²) in [7, 11) is 0. The van der Waals surface area contributed by atoms with E-state index in [0.717, 1.165) is 19.4 Å². The number of hydrogen-bond donors (Lipinski definition) is 0. The molecule has 1 aliphatic heterocycles. The highest BCUT2D eigenvalue weighted by molar-refractivity contribution is 5.34. The van der Waals surface area contributed by atoms with Crippen molar-refractivity contribution in [1.29, 1.82) is 5.26 Å². The summed E-state index contributed by atoms with van der Waals surface area (Å²) < 4.78 is 19.2. The highest BCUT2D eigenvalue weighted by Gasteiger charge is 2.24. The molecule has 22 heavy (non-hydrogen) atoms. The van der Waals surface area contributed by atoms with Crippen molar-refractivity contribution in [3.05, 3.63) is 42.1 Å². The zero-order valence-electron chi connectivity index (χ0n) is 11.8. The Hall–Kier alpha value is -2.75. The van der Waals surface area contributed by atoms with Gasteiger partial charge in [-0.05, 0) is 31.0 Å². The van der Waals surface area contributed by atoms with Crippen molar-refractivity contribution in [1.82, 2.24) is 15.0 Å². The Morgan fingerprint density at radius 1 is 1.32 bits per heavy atom. The average Bonchev–Trinajstić information content (AvgIpc) is 2.57. The molecule has 0 spiro atoms. The fraction of sp³-hybridized carbons (Fsp3) is 0.333. The molecule has 0 bridgehead atoms. The molecule has 0 aromatic carbocycles. The van der Waals surface area contributed by atoms with Crippen LogP contribution in [-0.4, -0.2) is 34.1 Å². The second kappa shape index (κ2) is 6.35. The standard InChI is InChI=1S/C15H14FN5O/c16-13-4-1-6-18-14(13)22-12-3-2-8-21(10-12)15-19-7-5-11(9-17)20-15/h1,4-7,12H,2-3,8,10H2/t12-/m1/s1. The third-order valence-electron chi connectivity index (χ3n) is 3.42. The molecule has 2 aromatic rings. The van der Waals surface area contributed by atoms with E-state index in [0.29, 0.717) is 18.2 Å². The lowest BCUT2D eigenvalue weighted by molar-refractivity contribution is 0.163. The number of anilines is 1.